The van der Waals surface area contributed by atoms with Gasteiger partial charge in [-0.15, -0.1) is 0 Å². The monoisotopic (exact) mass is 254 g/mol. The Bertz CT molecular complexity index is 332. The highest BCUT2D eigenvalue weighted by molar-refractivity contribution is 5.94. The molecule has 5 nitrogen and oxygen atoms in total. The molecular formula is C13H22N2O3. The molecule has 2 saturated heterocycles. The fraction of sp³-hybridized carbons (Fsp3) is 0.846. The van der Waals surface area contributed by atoms with Crippen LogP contribution in [0.25, 0.3) is 0 Å². The average molecular weight is 254 g/mol. The Morgan fingerprint density at radius 3 is 2.78 bits per heavy atom. The highest BCUT2D eigenvalue weighted by Crippen LogP contribution is 2.21. The molecule has 3 atom stereocenters. The van der Waals surface area contributed by atoms with Gasteiger partial charge in [0.1, 0.15) is 6.04 Å². The molecule has 2 aliphatic heterocycles. The fourth-order valence-corrected chi connectivity index (χ4v) is 2.68. The zero-order valence-corrected chi connectivity index (χ0v) is 11.1. The summed E-state index contributed by atoms with van der Waals surface area (Å²) in [5, 5.41) is 2.76. The molecule has 2 fully saturated rings. The van der Waals surface area contributed by atoms with Gasteiger partial charge in [-0.25, -0.2) is 0 Å². The maximum Gasteiger partial charge on any atom is 0.245 e. The van der Waals surface area contributed by atoms with E-state index in [1.807, 2.05) is 13.8 Å². The topological polar surface area (TPSA) is 58.6 Å². The van der Waals surface area contributed by atoms with Crippen LogP contribution >= 0.6 is 0 Å². The van der Waals surface area contributed by atoms with Gasteiger partial charge in [0, 0.05) is 6.54 Å². The van der Waals surface area contributed by atoms with Crippen molar-refractivity contribution in [3.63, 3.8) is 0 Å². The molecule has 0 radical (unpaired) electrons. The van der Waals surface area contributed by atoms with Gasteiger partial charge < -0.3 is 15.0 Å². The quantitative estimate of drug-likeness (QED) is 0.802. The predicted octanol–water partition coefficient (Wildman–Crippen LogP) is 0.681. The Hall–Kier alpha value is -1.10. The second kappa shape index (κ2) is 5.69. The number of rotatable bonds is 4. The first-order chi connectivity index (χ1) is 8.60. The van der Waals surface area contributed by atoms with Gasteiger partial charge in [0.15, 0.2) is 0 Å². The summed E-state index contributed by atoms with van der Waals surface area (Å²) < 4.78 is 5.72. The maximum atomic E-state index is 12.2. The first-order valence-corrected chi connectivity index (χ1v) is 6.83. The molecule has 0 aromatic heterocycles. The van der Waals surface area contributed by atoms with Crippen LogP contribution in [0, 0.1) is 0 Å². The van der Waals surface area contributed by atoms with Gasteiger partial charge in [-0.05, 0) is 26.2 Å². The van der Waals surface area contributed by atoms with Crippen molar-refractivity contribution in [2.45, 2.75) is 57.8 Å². The van der Waals surface area contributed by atoms with E-state index in [9.17, 15) is 9.59 Å². The average Bonchev–Trinajstić information content (AvgIpc) is 2.71. The molecule has 2 rings (SSSR count). The van der Waals surface area contributed by atoms with Crippen LogP contribution in [-0.2, 0) is 14.3 Å². The lowest BCUT2D eigenvalue weighted by Gasteiger charge is -2.33. The molecule has 0 aromatic rings. The highest BCUT2D eigenvalue weighted by atomic mass is 16.5. The minimum Gasteiger partial charge on any atom is -0.373 e. The van der Waals surface area contributed by atoms with E-state index in [4.69, 9.17) is 4.74 Å². The van der Waals surface area contributed by atoms with Crippen LogP contribution in [0.15, 0.2) is 0 Å². The second-order valence-electron chi connectivity index (χ2n) is 5.27. The van der Waals surface area contributed by atoms with Crippen molar-refractivity contribution in [3.05, 3.63) is 0 Å². The molecule has 2 amide bonds. The van der Waals surface area contributed by atoms with Gasteiger partial charge in [0.25, 0.3) is 0 Å². The van der Waals surface area contributed by atoms with Gasteiger partial charge in [-0.1, -0.05) is 13.3 Å². The van der Waals surface area contributed by atoms with E-state index in [0.717, 1.165) is 19.3 Å². The van der Waals surface area contributed by atoms with E-state index in [0.29, 0.717) is 13.0 Å². The summed E-state index contributed by atoms with van der Waals surface area (Å²) in [5.41, 5.74) is 0. The van der Waals surface area contributed by atoms with E-state index >= 15 is 0 Å². The molecule has 18 heavy (non-hydrogen) atoms. The summed E-state index contributed by atoms with van der Waals surface area (Å²) in [4.78, 5) is 25.4. The number of nitrogens with one attached hydrogen (secondary N) is 1. The molecule has 3 unspecified atom stereocenters. The molecular weight excluding hydrogens is 232 g/mol. The molecule has 5 heteroatoms. The van der Waals surface area contributed by atoms with Gasteiger partial charge in [0.2, 0.25) is 11.8 Å². The standard InChI is InChI=1S/C13H22N2O3/c1-3-4-11-13(17)15(8-12(16)14-11)7-10-6-5-9(2)18-10/h9-11H,3-8H2,1-2H3,(H,14,16). The fourth-order valence-electron chi connectivity index (χ4n) is 2.68. The Kier molecular flexibility index (Phi) is 4.22. The summed E-state index contributed by atoms with van der Waals surface area (Å²) in [6.07, 6.45) is 3.99. The lowest BCUT2D eigenvalue weighted by molar-refractivity contribution is -0.146. The summed E-state index contributed by atoms with van der Waals surface area (Å²) in [7, 11) is 0. The van der Waals surface area contributed by atoms with E-state index in [2.05, 4.69) is 5.32 Å². The van der Waals surface area contributed by atoms with Crippen molar-refractivity contribution in [2.24, 2.45) is 0 Å². The normalized spacial score (nSPS) is 32.8. The molecule has 0 aromatic carbocycles. The Morgan fingerprint density at radius 1 is 1.39 bits per heavy atom. The molecule has 102 valence electrons. The van der Waals surface area contributed by atoms with Crippen LogP contribution in [0.5, 0.6) is 0 Å². The first-order valence-electron chi connectivity index (χ1n) is 6.83. The molecule has 2 aliphatic rings. The van der Waals surface area contributed by atoms with E-state index in [1.165, 1.54) is 0 Å². The van der Waals surface area contributed by atoms with Gasteiger partial charge in [-0.2, -0.15) is 0 Å². The van der Waals surface area contributed by atoms with Crippen LogP contribution in [-0.4, -0.2) is 48.1 Å². The summed E-state index contributed by atoms with van der Waals surface area (Å²) >= 11 is 0. The first kappa shape index (κ1) is 13.3. The molecule has 0 aliphatic carbocycles. The van der Waals surface area contributed by atoms with Crippen LogP contribution in [0.4, 0.5) is 0 Å². The summed E-state index contributed by atoms with van der Waals surface area (Å²) in [5.74, 6) is -0.0151. The Balaban J connectivity index is 1.93. The lowest BCUT2D eigenvalue weighted by atomic mass is 10.1. The molecule has 1 N–H and O–H groups in total. The number of nitrogens with zero attached hydrogens (tertiary/aromatic N) is 1. The minimum absolute atomic E-state index is 0.0413. The lowest BCUT2D eigenvalue weighted by Crippen LogP contribution is -2.59. The zero-order chi connectivity index (χ0) is 13.1. The van der Waals surface area contributed by atoms with Gasteiger partial charge >= 0.3 is 0 Å². The van der Waals surface area contributed by atoms with Crippen LogP contribution in [0.3, 0.4) is 0 Å². The van der Waals surface area contributed by atoms with Crippen LogP contribution in [0.2, 0.25) is 0 Å². The Labute approximate surface area is 108 Å². The van der Waals surface area contributed by atoms with Crippen molar-refractivity contribution in [1.82, 2.24) is 10.2 Å². The van der Waals surface area contributed by atoms with Crippen molar-refractivity contribution in [3.8, 4) is 0 Å². The number of hydrogen-bond donors (Lipinski definition) is 1. The number of amides is 2. The molecule has 2 heterocycles. The predicted molar refractivity (Wildman–Crippen MR) is 67.0 cm³/mol. The van der Waals surface area contributed by atoms with Crippen molar-refractivity contribution < 1.29 is 14.3 Å². The number of carbonyl (C=O) groups is 2. The SMILES string of the molecule is CCCC1NC(=O)CN(CC2CCC(C)O2)C1=O. The number of hydrogen-bond acceptors (Lipinski definition) is 3. The molecule has 0 bridgehead atoms. The van der Waals surface area contributed by atoms with Crippen LogP contribution in [0.1, 0.15) is 39.5 Å². The number of piperazine rings is 1. The van der Waals surface area contributed by atoms with Crippen molar-refractivity contribution in [2.75, 3.05) is 13.1 Å². The number of ether oxygens (including phenoxy) is 1. The third kappa shape index (κ3) is 3.02. The summed E-state index contributed by atoms with van der Waals surface area (Å²) in [6, 6.07) is -0.338. The van der Waals surface area contributed by atoms with Crippen molar-refractivity contribution in [1.29, 1.82) is 0 Å². The molecule has 0 saturated carbocycles. The largest absolute Gasteiger partial charge is 0.373 e. The van der Waals surface area contributed by atoms with Gasteiger partial charge in [0.05, 0.1) is 18.8 Å². The molecule has 0 spiro atoms. The zero-order valence-electron chi connectivity index (χ0n) is 11.1. The van der Waals surface area contributed by atoms with E-state index < -0.39 is 0 Å². The van der Waals surface area contributed by atoms with E-state index in [1.54, 1.807) is 4.90 Å². The third-order valence-electron chi connectivity index (χ3n) is 3.60. The smallest absolute Gasteiger partial charge is 0.245 e. The Morgan fingerprint density at radius 2 is 2.17 bits per heavy atom. The summed E-state index contributed by atoms with van der Waals surface area (Å²) in [6.45, 7) is 4.79. The van der Waals surface area contributed by atoms with Crippen molar-refractivity contribution >= 4 is 11.8 Å². The minimum atomic E-state index is -0.338. The third-order valence-corrected chi connectivity index (χ3v) is 3.60. The van der Waals surface area contributed by atoms with Crippen LogP contribution < -0.4 is 5.32 Å². The van der Waals surface area contributed by atoms with Gasteiger partial charge in [-0.3, -0.25) is 9.59 Å². The second-order valence-corrected chi connectivity index (χ2v) is 5.27. The van der Waals surface area contributed by atoms with E-state index in [-0.39, 0.29) is 36.6 Å². The maximum absolute atomic E-state index is 12.2. The highest BCUT2D eigenvalue weighted by Gasteiger charge is 2.34. The number of carbonyl (C=O) groups excluding carboxylic acids is 2.